The Morgan fingerprint density at radius 1 is 1.09 bits per heavy atom. The minimum Gasteiger partial charge on any atom is -0.392 e. The Morgan fingerprint density at radius 2 is 1.78 bits per heavy atom. The van der Waals surface area contributed by atoms with Crippen LogP contribution in [0, 0.1) is 11.6 Å². The molecule has 0 aliphatic heterocycles. The highest BCUT2D eigenvalue weighted by Gasteiger charge is 2.19. The number of aliphatic imine (C=N–C) groups is 1. The van der Waals surface area contributed by atoms with Gasteiger partial charge in [0.1, 0.15) is 0 Å². The van der Waals surface area contributed by atoms with Gasteiger partial charge in [0.05, 0.1) is 18.8 Å². The first-order valence-corrected chi connectivity index (χ1v) is 10.7. The third-order valence-corrected chi connectivity index (χ3v) is 5.47. The standard InChI is InChI=1S/C23H29F2N5O2/c24-18-10-9-16(11-19(18)25)22(32)30-23(28-17-3-1-2-4-17)29-21(27)12-20(26)15-7-5-14(13-31)6-8-15/h5-11,17,20-21,31H,1-4,12-13,26-27H2,(H2,28,29,30,32). The topological polar surface area (TPSA) is 126 Å². The first kappa shape index (κ1) is 23.8. The fraction of sp³-hybridized carbons (Fsp3) is 0.391. The fourth-order valence-electron chi connectivity index (χ4n) is 3.65. The first-order chi connectivity index (χ1) is 15.4. The number of rotatable bonds is 7. The van der Waals surface area contributed by atoms with Crippen molar-refractivity contribution in [3.05, 3.63) is 70.8 Å². The van der Waals surface area contributed by atoms with Crippen molar-refractivity contribution in [2.24, 2.45) is 16.5 Å². The van der Waals surface area contributed by atoms with Crippen LogP contribution in [0.15, 0.2) is 47.5 Å². The molecule has 7 N–H and O–H groups in total. The Labute approximate surface area is 185 Å². The molecule has 32 heavy (non-hydrogen) atoms. The van der Waals surface area contributed by atoms with Crippen molar-refractivity contribution in [1.82, 2.24) is 10.6 Å². The summed E-state index contributed by atoms with van der Waals surface area (Å²) in [5.41, 5.74) is 14.1. The van der Waals surface area contributed by atoms with E-state index in [1.807, 2.05) is 12.1 Å². The van der Waals surface area contributed by atoms with Crippen LogP contribution in [0.25, 0.3) is 0 Å². The first-order valence-electron chi connectivity index (χ1n) is 10.7. The third-order valence-electron chi connectivity index (χ3n) is 5.47. The molecule has 1 aliphatic rings. The summed E-state index contributed by atoms with van der Waals surface area (Å²) in [5, 5.41) is 14.8. The molecule has 0 saturated heterocycles. The van der Waals surface area contributed by atoms with Gasteiger partial charge in [-0.3, -0.25) is 10.1 Å². The monoisotopic (exact) mass is 445 g/mol. The molecule has 7 nitrogen and oxygen atoms in total. The largest absolute Gasteiger partial charge is 0.392 e. The maximum atomic E-state index is 13.5. The lowest BCUT2D eigenvalue weighted by atomic mass is 10.0. The van der Waals surface area contributed by atoms with Crippen LogP contribution in [0.5, 0.6) is 0 Å². The van der Waals surface area contributed by atoms with Crippen molar-refractivity contribution in [3.8, 4) is 0 Å². The molecule has 1 aliphatic carbocycles. The smallest absolute Gasteiger partial charge is 0.258 e. The number of aliphatic hydroxyl groups excluding tert-OH is 1. The van der Waals surface area contributed by atoms with Crippen LogP contribution in [0.4, 0.5) is 8.78 Å². The second kappa shape index (κ2) is 11.1. The highest BCUT2D eigenvalue weighted by molar-refractivity contribution is 6.05. The van der Waals surface area contributed by atoms with Gasteiger partial charge >= 0.3 is 0 Å². The third kappa shape index (κ3) is 6.56. The minimum atomic E-state index is -1.10. The van der Waals surface area contributed by atoms with E-state index in [2.05, 4.69) is 15.6 Å². The van der Waals surface area contributed by atoms with E-state index in [-0.39, 0.29) is 30.2 Å². The SMILES string of the molecule is NC(CC(N)c1ccc(CO)cc1)NC(=NC1CCCC1)NC(=O)c1ccc(F)c(F)c1. The molecule has 2 aromatic rings. The number of aliphatic hydroxyl groups is 1. The average molecular weight is 446 g/mol. The van der Waals surface area contributed by atoms with Gasteiger partial charge in [-0.1, -0.05) is 37.1 Å². The molecule has 0 aromatic heterocycles. The molecule has 1 amide bonds. The van der Waals surface area contributed by atoms with Gasteiger partial charge in [0.15, 0.2) is 17.6 Å². The Hall–Kier alpha value is -2.88. The van der Waals surface area contributed by atoms with Crippen LogP contribution in [0.1, 0.15) is 59.6 Å². The second-order valence-electron chi connectivity index (χ2n) is 7.99. The van der Waals surface area contributed by atoms with Gasteiger partial charge in [0.2, 0.25) is 0 Å². The molecule has 2 aromatic carbocycles. The summed E-state index contributed by atoms with van der Waals surface area (Å²) in [4.78, 5) is 17.2. The molecule has 2 unspecified atom stereocenters. The van der Waals surface area contributed by atoms with Crippen molar-refractivity contribution in [3.63, 3.8) is 0 Å². The van der Waals surface area contributed by atoms with Crippen LogP contribution in [0.2, 0.25) is 0 Å². The van der Waals surface area contributed by atoms with Gasteiger partial charge in [0.25, 0.3) is 5.91 Å². The molecule has 0 bridgehead atoms. The van der Waals surface area contributed by atoms with Crippen molar-refractivity contribution >= 4 is 11.9 Å². The van der Waals surface area contributed by atoms with E-state index in [0.29, 0.717) is 6.42 Å². The minimum absolute atomic E-state index is 0.0286. The molecular weight excluding hydrogens is 416 g/mol. The average Bonchev–Trinajstić information content (AvgIpc) is 3.28. The van der Waals surface area contributed by atoms with E-state index < -0.39 is 23.7 Å². The maximum absolute atomic E-state index is 13.5. The summed E-state index contributed by atoms with van der Waals surface area (Å²) in [6, 6.07) is 9.87. The summed E-state index contributed by atoms with van der Waals surface area (Å²) in [7, 11) is 0. The van der Waals surface area contributed by atoms with Crippen molar-refractivity contribution < 1.29 is 18.7 Å². The van der Waals surface area contributed by atoms with Gasteiger partial charge in [-0.25, -0.2) is 13.8 Å². The number of carbonyl (C=O) groups excluding carboxylic acids is 1. The Kier molecular flexibility index (Phi) is 8.26. The molecule has 0 spiro atoms. The molecule has 172 valence electrons. The summed E-state index contributed by atoms with van der Waals surface area (Å²) < 4.78 is 26.7. The Balaban J connectivity index is 1.67. The number of nitrogens with two attached hydrogens (primary N) is 2. The van der Waals surface area contributed by atoms with Gasteiger partial charge in [-0.05, 0) is 48.6 Å². The quantitative estimate of drug-likeness (QED) is 0.254. The molecule has 1 fully saturated rings. The van der Waals surface area contributed by atoms with Gasteiger partial charge in [0, 0.05) is 11.6 Å². The predicted octanol–water partition coefficient (Wildman–Crippen LogP) is 2.45. The van der Waals surface area contributed by atoms with Gasteiger partial charge < -0.3 is 21.9 Å². The summed E-state index contributed by atoms with van der Waals surface area (Å²) in [6.45, 7) is -0.0464. The number of nitrogens with zero attached hydrogens (tertiary/aromatic N) is 1. The number of guanidine groups is 1. The van der Waals surface area contributed by atoms with E-state index in [9.17, 15) is 13.6 Å². The molecule has 9 heteroatoms. The van der Waals surface area contributed by atoms with Crippen LogP contribution < -0.4 is 22.1 Å². The number of hydrogen-bond acceptors (Lipinski definition) is 5. The number of nitrogens with one attached hydrogen (secondary N) is 2. The molecule has 0 radical (unpaired) electrons. The summed E-state index contributed by atoms with van der Waals surface area (Å²) in [5.74, 6) is -2.57. The molecule has 0 heterocycles. The zero-order chi connectivity index (χ0) is 23.1. The van der Waals surface area contributed by atoms with Crippen LogP contribution >= 0.6 is 0 Å². The van der Waals surface area contributed by atoms with Crippen LogP contribution in [0.3, 0.4) is 0 Å². The van der Waals surface area contributed by atoms with E-state index in [1.54, 1.807) is 12.1 Å². The lowest BCUT2D eigenvalue weighted by Crippen LogP contribution is -2.50. The highest BCUT2D eigenvalue weighted by atomic mass is 19.2. The molecule has 2 atom stereocenters. The van der Waals surface area contributed by atoms with Gasteiger partial charge in [-0.15, -0.1) is 0 Å². The Morgan fingerprint density at radius 3 is 2.41 bits per heavy atom. The zero-order valence-corrected chi connectivity index (χ0v) is 17.7. The summed E-state index contributed by atoms with van der Waals surface area (Å²) >= 11 is 0. The number of halogens is 2. The van der Waals surface area contributed by atoms with E-state index in [0.717, 1.165) is 48.9 Å². The maximum Gasteiger partial charge on any atom is 0.258 e. The molecule has 3 rings (SSSR count). The van der Waals surface area contributed by atoms with Crippen LogP contribution in [-0.2, 0) is 6.61 Å². The second-order valence-corrected chi connectivity index (χ2v) is 7.99. The summed E-state index contributed by atoms with van der Waals surface area (Å²) in [6.07, 6.45) is 3.64. The van der Waals surface area contributed by atoms with Crippen molar-refractivity contribution in [1.29, 1.82) is 0 Å². The number of hydrogen-bond donors (Lipinski definition) is 5. The van der Waals surface area contributed by atoms with E-state index in [4.69, 9.17) is 16.6 Å². The number of amides is 1. The highest BCUT2D eigenvalue weighted by Crippen LogP contribution is 2.21. The van der Waals surface area contributed by atoms with E-state index >= 15 is 0 Å². The fourth-order valence-corrected chi connectivity index (χ4v) is 3.65. The zero-order valence-electron chi connectivity index (χ0n) is 17.7. The number of benzene rings is 2. The predicted molar refractivity (Wildman–Crippen MR) is 119 cm³/mol. The van der Waals surface area contributed by atoms with Gasteiger partial charge in [-0.2, -0.15) is 0 Å². The van der Waals surface area contributed by atoms with Crippen LogP contribution in [-0.4, -0.2) is 29.2 Å². The normalized spacial score (nSPS) is 16.6. The van der Waals surface area contributed by atoms with Crippen molar-refractivity contribution in [2.75, 3.05) is 0 Å². The molecular formula is C23H29F2N5O2. The lowest BCUT2D eigenvalue weighted by molar-refractivity contribution is 0.0975. The Bertz CT molecular complexity index is 946. The lowest BCUT2D eigenvalue weighted by Gasteiger charge is -2.22. The van der Waals surface area contributed by atoms with Crippen molar-refractivity contribution in [2.45, 2.75) is 57.0 Å². The van der Waals surface area contributed by atoms with E-state index in [1.165, 1.54) is 6.07 Å². The molecule has 1 saturated carbocycles. The number of carbonyl (C=O) groups is 1.